The second-order valence-corrected chi connectivity index (χ2v) is 7.23. The summed E-state index contributed by atoms with van der Waals surface area (Å²) in [6.07, 6.45) is 3.15. The molecular formula is C20H18ClFN6O2. The van der Waals surface area contributed by atoms with Crippen LogP contribution >= 0.6 is 11.6 Å². The molecule has 1 N–H and O–H groups in total. The smallest absolute Gasteiger partial charge is 0.279 e. The number of carbonyl (C=O) groups is 1. The molecule has 0 atom stereocenters. The number of anilines is 1. The maximum Gasteiger partial charge on any atom is 0.279 e. The van der Waals surface area contributed by atoms with E-state index in [2.05, 4.69) is 20.7 Å². The number of halogens is 2. The van der Waals surface area contributed by atoms with Gasteiger partial charge in [-0.25, -0.2) is 4.39 Å². The summed E-state index contributed by atoms with van der Waals surface area (Å²) in [5.74, 6) is 0.0747. The minimum Gasteiger partial charge on any atom is -0.361 e. The molecule has 0 aliphatic carbocycles. The Kier molecular flexibility index (Phi) is 5.37. The highest BCUT2D eigenvalue weighted by Gasteiger charge is 2.21. The van der Waals surface area contributed by atoms with Crippen molar-refractivity contribution in [2.24, 2.45) is 0 Å². The van der Waals surface area contributed by atoms with E-state index in [9.17, 15) is 9.18 Å². The lowest BCUT2D eigenvalue weighted by Crippen LogP contribution is -2.16. The summed E-state index contributed by atoms with van der Waals surface area (Å²) in [7, 11) is 0. The van der Waals surface area contributed by atoms with Gasteiger partial charge in [-0.05, 0) is 19.9 Å². The molecule has 10 heteroatoms. The number of hydrogen-bond donors (Lipinski definition) is 1. The predicted molar refractivity (Wildman–Crippen MR) is 108 cm³/mol. The standard InChI is InChI=1S/C20H18ClFN6O2/c1-12-7-18(25-28(12)9-14-5-3-4-6-17(14)22)24-20(29)19-16(13(2)30-26-19)11-27-10-15(21)8-23-27/h3-8,10H,9,11H2,1-2H3,(H,24,25,29). The van der Waals surface area contributed by atoms with Crippen molar-refractivity contribution in [1.29, 1.82) is 0 Å². The number of carbonyl (C=O) groups excluding carboxylic acids is 1. The summed E-state index contributed by atoms with van der Waals surface area (Å²) >= 11 is 5.90. The summed E-state index contributed by atoms with van der Waals surface area (Å²) < 4.78 is 22.3. The zero-order valence-electron chi connectivity index (χ0n) is 16.3. The van der Waals surface area contributed by atoms with Crippen LogP contribution in [0.15, 0.2) is 47.2 Å². The molecule has 1 aromatic carbocycles. The first-order valence-corrected chi connectivity index (χ1v) is 9.51. The van der Waals surface area contributed by atoms with Crippen LogP contribution in [0.4, 0.5) is 10.2 Å². The van der Waals surface area contributed by atoms with E-state index in [1.807, 2.05) is 6.92 Å². The first-order chi connectivity index (χ1) is 14.4. The van der Waals surface area contributed by atoms with E-state index in [4.69, 9.17) is 16.1 Å². The Bertz CT molecular complexity index is 1210. The molecule has 4 rings (SSSR count). The van der Waals surface area contributed by atoms with E-state index in [0.717, 1.165) is 5.69 Å². The molecule has 8 nitrogen and oxygen atoms in total. The van der Waals surface area contributed by atoms with E-state index >= 15 is 0 Å². The molecule has 1 amide bonds. The van der Waals surface area contributed by atoms with E-state index in [1.54, 1.807) is 46.7 Å². The number of nitrogens with zero attached hydrogens (tertiary/aromatic N) is 5. The van der Waals surface area contributed by atoms with Crippen LogP contribution in [0.25, 0.3) is 0 Å². The third kappa shape index (κ3) is 4.11. The molecular weight excluding hydrogens is 411 g/mol. The van der Waals surface area contributed by atoms with Crippen LogP contribution in [0.2, 0.25) is 5.02 Å². The van der Waals surface area contributed by atoms with Crippen LogP contribution in [-0.4, -0.2) is 30.6 Å². The number of aryl methyl sites for hydroxylation is 2. The molecule has 0 saturated heterocycles. The third-order valence-electron chi connectivity index (χ3n) is 4.62. The number of aromatic nitrogens is 5. The van der Waals surface area contributed by atoms with Gasteiger partial charge in [0.15, 0.2) is 11.5 Å². The van der Waals surface area contributed by atoms with Gasteiger partial charge < -0.3 is 9.84 Å². The quantitative estimate of drug-likeness (QED) is 0.504. The lowest BCUT2D eigenvalue weighted by atomic mass is 10.2. The second-order valence-electron chi connectivity index (χ2n) is 6.80. The van der Waals surface area contributed by atoms with Crippen molar-refractivity contribution in [3.63, 3.8) is 0 Å². The first kappa shape index (κ1) is 19.8. The van der Waals surface area contributed by atoms with Gasteiger partial charge in [-0.3, -0.25) is 14.2 Å². The molecule has 154 valence electrons. The molecule has 3 aromatic heterocycles. The largest absolute Gasteiger partial charge is 0.361 e. The number of benzene rings is 1. The molecule has 0 aliphatic heterocycles. The minimum absolute atomic E-state index is 0.139. The number of hydrogen-bond acceptors (Lipinski definition) is 5. The Balaban J connectivity index is 1.52. The molecule has 3 heterocycles. The Hall–Kier alpha value is -3.46. The second kappa shape index (κ2) is 8.11. The molecule has 30 heavy (non-hydrogen) atoms. The maximum atomic E-state index is 13.9. The van der Waals surface area contributed by atoms with Crippen molar-refractivity contribution in [2.75, 3.05) is 5.32 Å². The SMILES string of the molecule is Cc1onc(C(=O)Nc2cc(C)n(Cc3ccccc3F)n2)c1Cn1cc(Cl)cn1. The Morgan fingerprint density at radius 1 is 1.27 bits per heavy atom. The molecule has 0 radical (unpaired) electrons. The van der Waals surface area contributed by atoms with Crippen molar-refractivity contribution in [3.8, 4) is 0 Å². The summed E-state index contributed by atoms with van der Waals surface area (Å²) in [5, 5.41) is 15.6. The number of nitrogens with one attached hydrogen (secondary N) is 1. The van der Waals surface area contributed by atoms with Gasteiger partial charge in [0.1, 0.15) is 11.6 Å². The molecule has 0 bridgehead atoms. The van der Waals surface area contributed by atoms with Crippen LogP contribution < -0.4 is 5.32 Å². The van der Waals surface area contributed by atoms with Gasteiger partial charge in [0.2, 0.25) is 0 Å². The van der Waals surface area contributed by atoms with Crippen molar-refractivity contribution in [3.05, 3.63) is 81.8 Å². The lowest BCUT2D eigenvalue weighted by molar-refractivity contribution is 0.101. The van der Waals surface area contributed by atoms with Crippen LogP contribution in [0.1, 0.15) is 33.1 Å². The van der Waals surface area contributed by atoms with Crippen molar-refractivity contribution in [2.45, 2.75) is 26.9 Å². The topological polar surface area (TPSA) is 90.8 Å². The van der Waals surface area contributed by atoms with Gasteiger partial charge in [-0.1, -0.05) is 35.0 Å². The highest BCUT2D eigenvalue weighted by atomic mass is 35.5. The molecule has 0 aliphatic rings. The van der Waals surface area contributed by atoms with Gasteiger partial charge in [0.05, 0.1) is 24.3 Å². The highest BCUT2D eigenvalue weighted by molar-refractivity contribution is 6.30. The van der Waals surface area contributed by atoms with E-state index in [-0.39, 0.29) is 24.6 Å². The van der Waals surface area contributed by atoms with Crippen LogP contribution in [0.3, 0.4) is 0 Å². The van der Waals surface area contributed by atoms with Gasteiger partial charge in [0.25, 0.3) is 5.91 Å². The number of rotatable bonds is 6. The van der Waals surface area contributed by atoms with Gasteiger partial charge >= 0.3 is 0 Å². The van der Waals surface area contributed by atoms with Crippen molar-refractivity contribution >= 4 is 23.3 Å². The zero-order chi connectivity index (χ0) is 21.3. The van der Waals surface area contributed by atoms with Crippen molar-refractivity contribution < 1.29 is 13.7 Å². The summed E-state index contributed by atoms with van der Waals surface area (Å²) in [4.78, 5) is 12.8. The van der Waals surface area contributed by atoms with E-state index in [1.165, 1.54) is 12.3 Å². The Labute approximate surface area is 176 Å². The maximum absolute atomic E-state index is 13.9. The predicted octanol–water partition coefficient (Wildman–Crippen LogP) is 3.83. The molecule has 0 saturated carbocycles. The van der Waals surface area contributed by atoms with Crippen LogP contribution in [0, 0.1) is 19.7 Å². The molecule has 0 unspecified atom stereocenters. The highest BCUT2D eigenvalue weighted by Crippen LogP contribution is 2.19. The Morgan fingerprint density at radius 3 is 2.80 bits per heavy atom. The van der Waals surface area contributed by atoms with Crippen LogP contribution in [0.5, 0.6) is 0 Å². The normalized spacial score (nSPS) is 11.1. The lowest BCUT2D eigenvalue weighted by Gasteiger charge is -2.05. The minimum atomic E-state index is -0.462. The summed E-state index contributed by atoms with van der Waals surface area (Å²) in [6, 6.07) is 8.20. The number of amides is 1. The van der Waals surface area contributed by atoms with Crippen molar-refractivity contribution in [1.82, 2.24) is 24.7 Å². The fourth-order valence-corrected chi connectivity index (χ4v) is 3.19. The van der Waals surface area contributed by atoms with E-state index in [0.29, 0.717) is 27.7 Å². The van der Waals surface area contributed by atoms with Gasteiger partial charge in [-0.2, -0.15) is 10.2 Å². The Morgan fingerprint density at radius 2 is 2.07 bits per heavy atom. The fraction of sp³-hybridized carbons (Fsp3) is 0.200. The van der Waals surface area contributed by atoms with Crippen LogP contribution in [-0.2, 0) is 13.1 Å². The molecule has 0 spiro atoms. The van der Waals surface area contributed by atoms with Gasteiger partial charge in [0, 0.05) is 29.1 Å². The molecule has 0 fully saturated rings. The first-order valence-electron chi connectivity index (χ1n) is 9.13. The summed E-state index contributed by atoms with van der Waals surface area (Å²) in [6.45, 7) is 4.09. The van der Waals surface area contributed by atoms with Gasteiger partial charge in [-0.15, -0.1) is 0 Å². The molecule has 4 aromatic rings. The fourth-order valence-electron chi connectivity index (χ4n) is 3.04. The monoisotopic (exact) mass is 428 g/mol. The van der Waals surface area contributed by atoms with E-state index < -0.39 is 5.91 Å². The third-order valence-corrected chi connectivity index (χ3v) is 4.82. The zero-order valence-corrected chi connectivity index (χ0v) is 17.0. The summed E-state index contributed by atoms with van der Waals surface area (Å²) in [5.41, 5.74) is 2.01. The average Bonchev–Trinajstić information content (AvgIpc) is 3.38. The average molecular weight is 429 g/mol.